The van der Waals surface area contributed by atoms with Crippen molar-refractivity contribution in [2.45, 2.75) is 19.5 Å². The molecule has 1 amide bonds. The van der Waals surface area contributed by atoms with Crippen molar-refractivity contribution in [1.29, 1.82) is 0 Å². The van der Waals surface area contributed by atoms with Gasteiger partial charge in [0.2, 0.25) is 0 Å². The molecule has 0 saturated carbocycles. The number of benzene rings is 2. The van der Waals surface area contributed by atoms with Crippen LogP contribution < -0.4 is 15.4 Å². The van der Waals surface area contributed by atoms with E-state index in [1.165, 1.54) is 6.07 Å². The minimum absolute atomic E-state index is 0.152. The topological polar surface area (TPSA) is 54.9 Å². The largest absolute Gasteiger partial charge is 0.495 e. The van der Waals surface area contributed by atoms with Crippen LogP contribution in [0, 0.1) is 5.82 Å². The zero-order chi connectivity index (χ0) is 15.9. The van der Waals surface area contributed by atoms with Crippen molar-refractivity contribution < 1.29 is 19.2 Å². The van der Waals surface area contributed by atoms with E-state index < -0.39 is 0 Å². The monoisotopic (exact) mass is 303 g/mol. The first kappa shape index (κ1) is 16.0. The molecule has 0 radical (unpaired) electrons. The fourth-order valence-corrected chi connectivity index (χ4v) is 2.07. The maximum atomic E-state index is 13.5. The van der Waals surface area contributed by atoms with Gasteiger partial charge >= 0.3 is 0 Å². The van der Waals surface area contributed by atoms with Crippen molar-refractivity contribution in [1.82, 2.24) is 0 Å². The smallest absolute Gasteiger partial charge is 0.282 e. The van der Waals surface area contributed by atoms with Crippen molar-refractivity contribution in [3.8, 4) is 5.75 Å². The average molecular weight is 303 g/mol. The minimum Gasteiger partial charge on any atom is -0.495 e. The van der Waals surface area contributed by atoms with Gasteiger partial charge in [-0.2, -0.15) is 0 Å². The van der Waals surface area contributed by atoms with Crippen molar-refractivity contribution in [3.63, 3.8) is 0 Å². The van der Waals surface area contributed by atoms with Gasteiger partial charge in [0.25, 0.3) is 5.91 Å². The molecule has 0 unspecified atom stereocenters. The molecular weight excluding hydrogens is 283 g/mol. The summed E-state index contributed by atoms with van der Waals surface area (Å²) < 4.78 is 18.7. The number of nitrogens with one attached hydrogen (secondary N) is 1. The van der Waals surface area contributed by atoms with Crippen LogP contribution in [-0.4, -0.2) is 19.1 Å². The van der Waals surface area contributed by atoms with Crippen LogP contribution in [0.5, 0.6) is 5.75 Å². The first-order valence-electron chi connectivity index (χ1n) is 7.12. The molecule has 0 aromatic heterocycles. The van der Waals surface area contributed by atoms with Gasteiger partial charge in [-0.25, -0.2) is 4.39 Å². The fraction of sp³-hybridized carbons (Fsp3) is 0.235. The summed E-state index contributed by atoms with van der Waals surface area (Å²) in [6.07, 6.45) is 0. The molecule has 22 heavy (non-hydrogen) atoms. The van der Waals surface area contributed by atoms with E-state index >= 15 is 0 Å². The molecule has 0 spiro atoms. The van der Waals surface area contributed by atoms with E-state index in [0.717, 1.165) is 0 Å². The number of rotatable bonds is 6. The normalized spacial score (nSPS) is 11.8. The summed E-state index contributed by atoms with van der Waals surface area (Å²) in [6.45, 7) is 2.19. The van der Waals surface area contributed by atoms with Crippen molar-refractivity contribution in [3.05, 3.63) is 59.9 Å². The van der Waals surface area contributed by atoms with Crippen LogP contribution in [0.4, 0.5) is 10.1 Å². The van der Waals surface area contributed by atoms with Crippen LogP contribution in [0.15, 0.2) is 48.5 Å². The minimum atomic E-state index is -0.343. The summed E-state index contributed by atoms with van der Waals surface area (Å²) in [5.74, 6) is 0.203. The Bertz CT molecular complexity index is 646. The van der Waals surface area contributed by atoms with Gasteiger partial charge in [0, 0.05) is 5.56 Å². The molecular formula is C17H20FN2O2+. The van der Waals surface area contributed by atoms with Gasteiger partial charge in [-0.15, -0.1) is 0 Å². The molecule has 3 N–H and O–H groups in total. The van der Waals surface area contributed by atoms with Crippen LogP contribution in [0.25, 0.3) is 0 Å². The first-order chi connectivity index (χ1) is 10.6. The number of hydrogen-bond donors (Lipinski definition) is 2. The number of hydrogen-bond acceptors (Lipinski definition) is 2. The third-order valence-electron chi connectivity index (χ3n) is 3.43. The maximum absolute atomic E-state index is 13.5. The van der Waals surface area contributed by atoms with Gasteiger partial charge in [0.1, 0.15) is 18.1 Å². The second-order valence-corrected chi connectivity index (χ2v) is 5.01. The predicted octanol–water partition coefficient (Wildman–Crippen LogP) is 1.92. The summed E-state index contributed by atoms with van der Waals surface area (Å²) in [5.41, 5.74) is 1.21. The van der Waals surface area contributed by atoms with E-state index in [2.05, 4.69) is 5.32 Å². The van der Waals surface area contributed by atoms with Gasteiger partial charge < -0.3 is 15.4 Å². The van der Waals surface area contributed by atoms with E-state index in [1.807, 2.05) is 12.1 Å². The molecule has 5 heteroatoms. The molecule has 0 fully saturated rings. The Labute approximate surface area is 129 Å². The number of carbonyl (C=O) groups is 1. The lowest BCUT2D eigenvalue weighted by molar-refractivity contribution is -0.688. The average Bonchev–Trinajstić information content (AvgIpc) is 2.54. The van der Waals surface area contributed by atoms with Gasteiger partial charge in [-0.05, 0) is 25.1 Å². The Hall–Kier alpha value is -2.40. The Kier molecular flexibility index (Phi) is 5.49. The van der Waals surface area contributed by atoms with E-state index in [4.69, 9.17) is 4.74 Å². The fourth-order valence-electron chi connectivity index (χ4n) is 2.07. The molecule has 4 nitrogen and oxygen atoms in total. The van der Waals surface area contributed by atoms with Crippen molar-refractivity contribution in [2.75, 3.05) is 12.4 Å². The highest BCUT2D eigenvalue weighted by Gasteiger charge is 2.18. The van der Waals surface area contributed by atoms with Gasteiger partial charge in [0.05, 0.1) is 12.8 Å². The lowest BCUT2D eigenvalue weighted by Crippen LogP contribution is -2.90. The number of halogens is 1. The third-order valence-corrected chi connectivity index (χ3v) is 3.43. The van der Waals surface area contributed by atoms with Gasteiger partial charge in [-0.1, -0.05) is 30.3 Å². The molecule has 2 aromatic carbocycles. The Balaban J connectivity index is 1.94. The summed E-state index contributed by atoms with van der Waals surface area (Å²) in [4.78, 5) is 12.2. The standard InChI is InChI=1S/C17H19FN2O2/c1-12(19-11-13-7-3-4-8-14(13)18)17(21)20-15-9-5-6-10-16(15)22-2/h3-10,12,19H,11H2,1-2H3,(H,20,21)/p+1/t12-/m1/s1. The number of anilines is 1. The maximum Gasteiger partial charge on any atom is 0.282 e. The van der Waals surface area contributed by atoms with Crippen molar-refractivity contribution >= 4 is 11.6 Å². The highest BCUT2D eigenvalue weighted by molar-refractivity contribution is 5.94. The lowest BCUT2D eigenvalue weighted by Gasteiger charge is -2.13. The first-order valence-corrected chi connectivity index (χ1v) is 7.12. The van der Waals surface area contributed by atoms with Crippen LogP contribution >= 0.6 is 0 Å². The van der Waals surface area contributed by atoms with E-state index in [-0.39, 0.29) is 17.8 Å². The van der Waals surface area contributed by atoms with E-state index in [1.54, 1.807) is 49.7 Å². The molecule has 0 aliphatic carbocycles. The highest BCUT2D eigenvalue weighted by atomic mass is 19.1. The molecule has 0 aliphatic rings. The number of quaternary nitrogens is 1. The number of para-hydroxylation sites is 2. The van der Waals surface area contributed by atoms with E-state index in [9.17, 15) is 9.18 Å². The van der Waals surface area contributed by atoms with Crippen LogP contribution in [-0.2, 0) is 11.3 Å². The SMILES string of the molecule is COc1ccccc1NC(=O)[C@@H](C)[NH2+]Cc1ccccc1F. The second-order valence-electron chi connectivity index (χ2n) is 5.01. The summed E-state index contributed by atoms with van der Waals surface area (Å²) >= 11 is 0. The molecule has 0 heterocycles. The van der Waals surface area contributed by atoms with E-state index in [0.29, 0.717) is 23.5 Å². The molecule has 2 aromatic rings. The summed E-state index contributed by atoms with van der Waals surface area (Å²) in [5, 5.41) is 4.62. The molecule has 116 valence electrons. The Morgan fingerprint density at radius 2 is 1.91 bits per heavy atom. The Morgan fingerprint density at radius 3 is 2.64 bits per heavy atom. The molecule has 0 saturated heterocycles. The van der Waals surface area contributed by atoms with Gasteiger partial charge in [0.15, 0.2) is 6.04 Å². The summed E-state index contributed by atoms with van der Waals surface area (Å²) in [6, 6.07) is 13.4. The Morgan fingerprint density at radius 1 is 1.23 bits per heavy atom. The third kappa shape index (κ3) is 4.05. The second kappa shape index (κ2) is 7.56. The predicted molar refractivity (Wildman–Crippen MR) is 83.1 cm³/mol. The number of ether oxygens (including phenoxy) is 1. The highest BCUT2D eigenvalue weighted by Crippen LogP contribution is 2.22. The summed E-state index contributed by atoms with van der Waals surface area (Å²) in [7, 11) is 1.55. The number of nitrogens with two attached hydrogens (primary N) is 1. The number of amides is 1. The number of methoxy groups -OCH3 is 1. The molecule has 2 rings (SSSR count). The number of carbonyl (C=O) groups excluding carboxylic acids is 1. The molecule has 0 bridgehead atoms. The quantitative estimate of drug-likeness (QED) is 0.856. The van der Waals surface area contributed by atoms with Crippen LogP contribution in [0.1, 0.15) is 12.5 Å². The van der Waals surface area contributed by atoms with Gasteiger partial charge in [-0.3, -0.25) is 4.79 Å². The van der Waals surface area contributed by atoms with Crippen LogP contribution in [0.3, 0.4) is 0 Å². The molecule has 1 atom stereocenters. The van der Waals surface area contributed by atoms with Crippen molar-refractivity contribution in [2.24, 2.45) is 0 Å². The lowest BCUT2D eigenvalue weighted by atomic mass is 10.2. The zero-order valence-electron chi connectivity index (χ0n) is 12.7. The molecule has 0 aliphatic heterocycles. The zero-order valence-corrected chi connectivity index (χ0v) is 12.7. The van der Waals surface area contributed by atoms with Crippen LogP contribution in [0.2, 0.25) is 0 Å².